The first-order valence-corrected chi connectivity index (χ1v) is 9.58. The van der Waals surface area contributed by atoms with Crippen LogP contribution in [0.3, 0.4) is 0 Å². The van der Waals surface area contributed by atoms with Crippen molar-refractivity contribution in [3.8, 4) is 5.75 Å². The van der Waals surface area contributed by atoms with Crippen LogP contribution in [-0.2, 0) is 24.8 Å². The average Bonchev–Trinajstić information content (AvgIpc) is 3.20. The van der Waals surface area contributed by atoms with E-state index < -0.39 is 11.6 Å². The summed E-state index contributed by atoms with van der Waals surface area (Å²) in [7, 11) is 1.83. The molecule has 3 aromatic heterocycles. The first kappa shape index (κ1) is 18.2. The molecule has 0 saturated heterocycles. The van der Waals surface area contributed by atoms with Crippen molar-refractivity contribution in [3.05, 3.63) is 56.4 Å². The Kier molecular flexibility index (Phi) is 4.43. The average molecular weight is 398 g/mol. The smallest absolute Gasteiger partial charge is 0.348 e. The van der Waals surface area contributed by atoms with Gasteiger partial charge in [-0.1, -0.05) is 6.92 Å². The van der Waals surface area contributed by atoms with Gasteiger partial charge in [0.2, 0.25) is 0 Å². The molecule has 0 amide bonds. The first-order valence-electron chi connectivity index (χ1n) is 8.76. The quantitative estimate of drug-likeness (QED) is 0.416. The first-order chi connectivity index (χ1) is 13.4. The number of phenols is 1. The summed E-state index contributed by atoms with van der Waals surface area (Å²) in [6, 6.07) is 6.26. The van der Waals surface area contributed by atoms with Crippen LogP contribution in [0.2, 0.25) is 0 Å². The fraction of sp³-hybridized carbons (Fsp3) is 0.250. The van der Waals surface area contributed by atoms with Crippen molar-refractivity contribution >= 4 is 38.5 Å². The number of carbonyl (C=O) groups is 1. The third kappa shape index (κ3) is 3.05. The summed E-state index contributed by atoms with van der Waals surface area (Å²) in [5.41, 5.74) is 1.81. The van der Waals surface area contributed by atoms with Crippen LogP contribution in [0.5, 0.6) is 5.75 Å². The molecule has 8 heteroatoms. The van der Waals surface area contributed by atoms with E-state index in [0.717, 1.165) is 21.5 Å². The summed E-state index contributed by atoms with van der Waals surface area (Å²) in [6.07, 6.45) is 0.620. The molecule has 0 fully saturated rings. The standard InChI is InChI=1S/C20H18N2O5S/c1-4-11-5-14-12(6-18(24)27-16(14)8-15(11)23)9-26-20(25)17-7-13-10(2)21-22(3)19(13)28-17/h5-8,23H,4,9H2,1-3H3. The SMILES string of the molecule is CCc1cc2c(COC(=O)c3cc4c(C)nn(C)c4s3)cc(=O)oc2cc1O. The lowest BCUT2D eigenvalue weighted by Crippen LogP contribution is -2.07. The summed E-state index contributed by atoms with van der Waals surface area (Å²) in [5, 5.41) is 15.9. The Bertz CT molecular complexity index is 1250. The molecule has 4 rings (SSSR count). The Balaban J connectivity index is 1.64. The Morgan fingerprint density at radius 3 is 2.75 bits per heavy atom. The molecule has 0 saturated carbocycles. The normalized spacial score (nSPS) is 11.4. The van der Waals surface area contributed by atoms with Crippen LogP contribution in [0, 0.1) is 6.92 Å². The molecule has 0 radical (unpaired) electrons. The van der Waals surface area contributed by atoms with Gasteiger partial charge in [-0.3, -0.25) is 4.68 Å². The number of aromatic hydroxyl groups is 1. The molecule has 144 valence electrons. The minimum Gasteiger partial charge on any atom is -0.508 e. The van der Waals surface area contributed by atoms with Gasteiger partial charge in [0.15, 0.2) is 0 Å². The zero-order valence-electron chi connectivity index (χ0n) is 15.6. The zero-order chi connectivity index (χ0) is 20.0. The van der Waals surface area contributed by atoms with Crippen molar-refractivity contribution in [1.82, 2.24) is 9.78 Å². The number of esters is 1. The molecule has 0 unspecified atom stereocenters. The third-order valence-corrected chi connectivity index (χ3v) is 5.85. The number of rotatable bonds is 4. The summed E-state index contributed by atoms with van der Waals surface area (Å²) < 4.78 is 12.4. The molecule has 1 aromatic carbocycles. The van der Waals surface area contributed by atoms with Gasteiger partial charge in [0.1, 0.15) is 27.6 Å². The maximum atomic E-state index is 12.5. The second kappa shape index (κ2) is 6.79. The topological polar surface area (TPSA) is 94.6 Å². The number of fused-ring (bicyclic) bond motifs is 2. The number of phenolic OH excluding ortho intramolecular Hbond substituents is 1. The van der Waals surface area contributed by atoms with E-state index in [1.165, 1.54) is 23.5 Å². The molecule has 1 N–H and O–H groups in total. The van der Waals surface area contributed by atoms with E-state index in [2.05, 4.69) is 5.10 Å². The fourth-order valence-corrected chi connectivity index (χ4v) is 4.25. The highest BCUT2D eigenvalue weighted by Crippen LogP contribution is 2.30. The van der Waals surface area contributed by atoms with Crippen molar-refractivity contribution in [2.24, 2.45) is 7.05 Å². The molecule has 0 aliphatic heterocycles. The summed E-state index contributed by atoms with van der Waals surface area (Å²) >= 11 is 1.32. The van der Waals surface area contributed by atoms with E-state index in [1.54, 1.807) is 16.8 Å². The van der Waals surface area contributed by atoms with E-state index in [-0.39, 0.29) is 17.9 Å². The fourth-order valence-electron chi connectivity index (χ4n) is 3.23. The van der Waals surface area contributed by atoms with E-state index in [4.69, 9.17) is 9.15 Å². The number of benzene rings is 1. The molecule has 0 aliphatic rings. The predicted octanol–water partition coefficient (Wildman–Crippen LogP) is 3.67. The highest BCUT2D eigenvalue weighted by Gasteiger charge is 2.17. The molecule has 0 atom stereocenters. The number of aromatic nitrogens is 2. The molecular formula is C20H18N2O5S. The summed E-state index contributed by atoms with van der Waals surface area (Å²) in [6.45, 7) is 3.73. The summed E-state index contributed by atoms with van der Waals surface area (Å²) in [5.74, 6) is -0.391. The Morgan fingerprint density at radius 2 is 2.04 bits per heavy atom. The van der Waals surface area contributed by atoms with Crippen LogP contribution in [0.4, 0.5) is 0 Å². The predicted molar refractivity (Wildman–Crippen MR) is 106 cm³/mol. The van der Waals surface area contributed by atoms with Crippen molar-refractivity contribution in [3.63, 3.8) is 0 Å². The minimum atomic E-state index is -0.564. The van der Waals surface area contributed by atoms with E-state index >= 15 is 0 Å². The van der Waals surface area contributed by atoms with E-state index in [0.29, 0.717) is 22.2 Å². The molecule has 0 aliphatic carbocycles. The molecular weight excluding hydrogens is 380 g/mol. The van der Waals surface area contributed by atoms with Gasteiger partial charge >= 0.3 is 11.6 Å². The number of thiophene rings is 1. The minimum absolute atomic E-state index is 0.0691. The largest absolute Gasteiger partial charge is 0.508 e. The van der Waals surface area contributed by atoms with Crippen molar-refractivity contribution < 1.29 is 19.1 Å². The van der Waals surface area contributed by atoms with Crippen LogP contribution >= 0.6 is 11.3 Å². The highest BCUT2D eigenvalue weighted by molar-refractivity contribution is 7.20. The number of ether oxygens (including phenoxy) is 1. The molecule has 4 aromatic rings. The van der Waals surface area contributed by atoms with E-state index in [9.17, 15) is 14.7 Å². The van der Waals surface area contributed by atoms with Gasteiger partial charge in [0, 0.05) is 35.5 Å². The van der Waals surface area contributed by atoms with Crippen LogP contribution in [0.25, 0.3) is 21.2 Å². The molecule has 0 spiro atoms. The highest BCUT2D eigenvalue weighted by atomic mass is 32.1. The van der Waals surface area contributed by atoms with Crippen LogP contribution in [-0.4, -0.2) is 20.9 Å². The number of carbonyl (C=O) groups excluding carboxylic acids is 1. The van der Waals surface area contributed by atoms with Gasteiger partial charge in [0.25, 0.3) is 0 Å². The maximum absolute atomic E-state index is 12.5. The number of nitrogens with zero attached hydrogens (tertiary/aromatic N) is 2. The number of hydrogen-bond acceptors (Lipinski definition) is 7. The van der Waals surface area contributed by atoms with Crippen molar-refractivity contribution in [1.29, 1.82) is 0 Å². The van der Waals surface area contributed by atoms with Gasteiger partial charge in [-0.2, -0.15) is 5.10 Å². The number of hydrogen-bond donors (Lipinski definition) is 1. The Labute approximate surface area is 163 Å². The van der Waals surface area contributed by atoms with Gasteiger partial charge < -0.3 is 14.3 Å². The molecule has 0 bridgehead atoms. The third-order valence-electron chi connectivity index (χ3n) is 4.67. The van der Waals surface area contributed by atoms with Crippen molar-refractivity contribution in [2.45, 2.75) is 26.9 Å². The second-order valence-corrected chi connectivity index (χ2v) is 7.57. The molecule has 28 heavy (non-hydrogen) atoms. The Morgan fingerprint density at radius 1 is 1.25 bits per heavy atom. The van der Waals surface area contributed by atoms with Gasteiger partial charge in [-0.05, 0) is 31.0 Å². The van der Waals surface area contributed by atoms with Crippen LogP contribution < -0.4 is 5.63 Å². The monoisotopic (exact) mass is 398 g/mol. The van der Waals surface area contributed by atoms with E-state index in [1.807, 2.05) is 20.9 Å². The second-order valence-electron chi connectivity index (χ2n) is 6.54. The van der Waals surface area contributed by atoms with Gasteiger partial charge in [-0.25, -0.2) is 9.59 Å². The van der Waals surface area contributed by atoms with Crippen molar-refractivity contribution in [2.75, 3.05) is 0 Å². The van der Waals surface area contributed by atoms with Crippen LogP contribution in [0.1, 0.15) is 33.4 Å². The molecule has 3 heterocycles. The lowest BCUT2D eigenvalue weighted by atomic mass is 10.0. The lowest BCUT2D eigenvalue weighted by Gasteiger charge is -2.09. The Hall–Kier alpha value is -3.13. The van der Waals surface area contributed by atoms with Gasteiger partial charge in [-0.15, -0.1) is 11.3 Å². The summed E-state index contributed by atoms with van der Waals surface area (Å²) in [4.78, 5) is 25.7. The molecule has 7 nitrogen and oxygen atoms in total. The maximum Gasteiger partial charge on any atom is 0.348 e. The van der Waals surface area contributed by atoms with Crippen LogP contribution in [0.15, 0.2) is 33.5 Å². The number of aryl methyl sites for hydroxylation is 3. The van der Waals surface area contributed by atoms with Gasteiger partial charge in [0.05, 0.1) is 5.69 Å². The lowest BCUT2D eigenvalue weighted by molar-refractivity contribution is 0.0479. The zero-order valence-corrected chi connectivity index (χ0v) is 16.4.